The Labute approximate surface area is 108 Å². The zero-order chi connectivity index (χ0) is 13.5. The fraction of sp³-hybridized carbons (Fsp3) is 0.733. The van der Waals surface area contributed by atoms with Gasteiger partial charge < -0.3 is 5.32 Å². The summed E-state index contributed by atoms with van der Waals surface area (Å²) in [6.07, 6.45) is 3.94. The van der Waals surface area contributed by atoms with Crippen LogP contribution >= 0.6 is 0 Å². The molecule has 0 fully saturated rings. The van der Waals surface area contributed by atoms with E-state index in [1.165, 1.54) is 0 Å². The van der Waals surface area contributed by atoms with Crippen molar-refractivity contribution < 1.29 is 0 Å². The molecule has 0 rings (SSSR count). The Balaban J connectivity index is 4.55. The maximum atomic E-state index is 3.84. The highest BCUT2D eigenvalue weighted by Gasteiger charge is 2.21. The molecule has 0 aliphatic heterocycles. The van der Waals surface area contributed by atoms with Gasteiger partial charge in [-0.3, -0.25) is 4.90 Å². The quantitative estimate of drug-likeness (QED) is 0.654. The van der Waals surface area contributed by atoms with Gasteiger partial charge in [0.2, 0.25) is 0 Å². The predicted molar refractivity (Wildman–Crippen MR) is 78.3 cm³/mol. The zero-order valence-electron chi connectivity index (χ0n) is 12.3. The minimum absolute atomic E-state index is 0.168. The highest BCUT2D eigenvalue weighted by atomic mass is 15.2. The number of nitrogens with one attached hydrogen (secondary N) is 1. The lowest BCUT2D eigenvalue weighted by Gasteiger charge is -2.35. The molecule has 0 amide bonds. The molecule has 2 nitrogen and oxygen atoms in total. The molecule has 1 unspecified atom stereocenters. The van der Waals surface area contributed by atoms with Crippen molar-refractivity contribution in [3.63, 3.8) is 0 Å². The number of hydrogen-bond acceptors (Lipinski definition) is 2. The van der Waals surface area contributed by atoms with E-state index >= 15 is 0 Å². The second kappa shape index (κ2) is 7.67. The summed E-state index contributed by atoms with van der Waals surface area (Å²) in [6.45, 7) is 21.7. The standard InChI is InChI=1S/C15H30N2/c1-8-10-17(11-9-2)14(13(3)4)12-16-15(5,6)7/h8-9,13-14,16H,1-2,10-12H2,3-7H3. The zero-order valence-corrected chi connectivity index (χ0v) is 12.3. The van der Waals surface area contributed by atoms with Gasteiger partial charge in [-0.25, -0.2) is 0 Å². The van der Waals surface area contributed by atoms with E-state index in [0.717, 1.165) is 19.6 Å². The van der Waals surface area contributed by atoms with Crippen LogP contribution in [0.5, 0.6) is 0 Å². The van der Waals surface area contributed by atoms with E-state index in [4.69, 9.17) is 0 Å². The lowest BCUT2D eigenvalue weighted by atomic mass is 10.00. The van der Waals surface area contributed by atoms with E-state index in [0.29, 0.717) is 12.0 Å². The lowest BCUT2D eigenvalue weighted by Crippen LogP contribution is -2.50. The molecule has 0 aromatic heterocycles. The Morgan fingerprint density at radius 3 is 1.88 bits per heavy atom. The van der Waals surface area contributed by atoms with Gasteiger partial charge in [-0.1, -0.05) is 26.0 Å². The Morgan fingerprint density at radius 2 is 1.59 bits per heavy atom. The van der Waals surface area contributed by atoms with Crippen LogP contribution in [0.1, 0.15) is 34.6 Å². The van der Waals surface area contributed by atoms with Crippen molar-refractivity contribution in [3.8, 4) is 0 Å². The highest BCUT2D eigenvalue weighted by molar-refractivity contribution is 4.88. The Morgan fingerprint density at radius 1 is 1.12 bits per heavy atom. The van der Waals surface area contributed by atoms with Crippen molar-refractivity contribution in [2.45, 2.75) is 46.2 Å². The smallest absolute Gasteiger partial charge is 0.0250 e. The average molecular weight is 238 g/mol. The van der Waals surface area contributed by atoms with Crippen molar-refractivity contribution in [2.75, 3.05) is 19.6 Å². The molecule has 100 valence electrons. The maximum absolute atomic E-state index is 3.84. The SMILES string of the molecule is C=CCN(CC=C)C(CNC(C)(C)C)C(C)C. The molecular formula is C15H30N2. The predicted octanol–water partition coefficient (Wildman–Crippen LogP) is 3.07. The third kappa shape index (κ3) is 7.35. The van der Waals surface area contributed by atoms with Gasteiger partial charge >= 0.3 is 0 Å². The fourth-order valence-corrected chi connectivity index (χ4v) is 1.87. The number of hydrogen-bond donors (Lipinski definition) is 1. The first-order valence-electron chi connectivity index (χ1n) is 6.52. The molecule has 0 spiro atoms. The van der Waals surface area contributed by atoms with E-state index in [1.807, 2.05) is 12.2 Å². The van der Waals surface area contributed by atoms with Gasteiger partial charge in [0.05, 0.1) is 0 Å². The minimum atomic E-state index is 0.168. The van der Waals surface area contributed by atoms with Gasteiger partial charge in [-0.15, -0.1) is 13.2 Å². The van der Waals surface area contributed by atoms with Crippen LogP contribution in [0.3, 0.4) is 0 Å². The van der Waals surface area contributed by atoms with E-state index in [2.05, 4.69) is 58.0 Å². The molecule has 0 aliphatic carbocycles. The summed E-state index contributed by atoms with van der Waals surface area (Å²) < 4.78 is 0. The third-order valence-corrected chi connectivity index (χ3v) is 2.81. The van der Waals surface area contributed by atoms with Gasteiger partial charge in [0.1, 0.15) is 0 Å². The van der Waals surface area contributed by atoms with Crippen LogP contribution in [0.2, 0.25) is 0 Å². The van der Waals surface area contributed by atoms with E-state index < -0.39 is 0 Å². The van der Waals surface area contributed by atoms with Gasteiger partial charge in [-0.05, 0) is 26.7 Å². The summed E-state index contributed by atoms with van der Waals surface area (Å²) in [5.74, 6) is 0.616. The molecule has 0 aliphatic rings. The Hall–Kier alpha value is -0.600. The van der Waals surface area contributed by atoms with Crippen LogP contribution in [-0.2, 0) is 0 Å². The molecule has 0 bridgehead atoms. The Kier molecular flexibility index (Phi) is 7.40. The largest absolute Gasteiger partial charge is 0.311 e. The summed E-state index contributed by atoms with van der Waals surface area (Å²) in [6, 6.07) is 0.519. The van der Waals surface area contributed by atoms with Crippen molar-refractivity contribution in [1.29, 1.82) is 0 Å². The van der Waals surface area contributed by atoms with E-state index in [9.17, 15) is 0 Å². The lowest BCUT2D eigenvalue weighted by molar-refractivity contribution is 0.174. The molecule has 2 heteroatoms. The van der Waals surface area contributed by atoms with E-state index in [-0.39, 0.29) is 5.54 Å². The first kappa shape index (κ1) is 16.4. The first-order chi connectivity index (χ1) is 7.81. The van der Waals surface area contributed by atoms with Crippen molar-refractivity contribution in [2.24, 2.45) is 5.92 Å². The van der Waals surface area contributed by atoms with Crippen molar-refractivity contribution in [1.82, 2.24) is 10.2 Å². The molecule has 17 heavy (non-hydrogen) atoms. The Bertz CT molecular complexity index is 216. The van der Waals surface area contributed by atoms with Crippen molar-refractivity contribution >= 4 is 0 Å². The molecule has 0 aromatic carbocycles. The summed E-state index contributed by atoms with van der Waals surface area (Å²) in [7, 11) is 0. The van der Waals surface area contributed by atoms with E-state index in [1.54, 1.807) is 0 Å². The van der Waals surface area contributed by atoms with Gasteiger partial charge in [-0.2, -0.15) is 0 Å². The summed E-state index contributed by atoms with van der Waals surface area (Å²) in [5, 5.41) is 3.59. The van der Waals surface area contributed by atoms with Crippen LogP contribution in [-0.4, -0.2) is 36.1 Å². The summed E-state index contributed by atoms with van der Waals surface area (Å²) >= 11 is 0. The normalized spacial score (nSPS) is 14.1. The molecule has 0 saturated carbocycles. The molecule has 0 radical (unpaired) electrons. The molecule has 1 atom stereocenters. The minimum Gasteiger partial charge on any atom is -0.311 e. The maximum Gasteiger partial charge on any atom is 0.0250 e. The highest BCUT2D eigenvalue weighted by Crippen LogP contribution is 2.12. The summed E-state index contributed by atoms with van der Waals surface area (Å²) in [4.78, 5) is 2.42. The topological polar surface area (TPSA) is 15.3 Å². The first-order valence-corrected chi connectivity index (χ1v) is 6.52. The van der Waals surface area contributed by atoms with Crippen molar-refractivity contribution in [3.05, 3.63) is 25.3 Å². The third-order valence-electron chi connectivity index (χ3n) is 2.81. The van der Waals surface area contributed by atoms with Gasteiger partial charge in [0, 0.05) is 31.2 Å². The van der Waals surface area contributed by atoms with Crippen LogP contribution in [0.25, 0.3) is 0 Å². The fourth-order valence-electron chi connectivity index (χ4n) is 1.87. The van der Waals surface area contributed by atoms with Gasteiger partial charge in [0.25, 0.3) is 0 Å². The van der Waals surface area contributed by atoms with Crippen LogP contribution in [0.15, 0.2) is 25.3 Å². The molecule has 0 heterocycles. The number of rotatable bonds is 8. The average Bonchev–Trinajstić information content (AvgIpc) is 2.16. The monoisotopic (exact) mass is 238 g/mol. The molecule has 0 aromatic rings. The second-order valence-corrected chi connectivity index (χ2v) is 5.97. The van der Waals surface area contributed by atoms with Crippen LogP contribution < -0.4 is 5.32 Å². The summed E-state index contributed by atoms with van der Waals surface area (Å²) in [5.41, 5.74) is 0.168. The van der Waals surface area contributed by atoms with Crippen LogP contribution in [0, 0.1) is 5.92 Å². The number of nitrogens with zero attached hydrogens (tertiary/aromatic N) is 1. The molecule has 0 saturated heterocycles. The second-order valence-electron chi connectivity index (χ2n) is 5.97. The molecular weight excluding hydrogens is 208 g/mol. The molecule has 1 N–H and O–H groups in total. The van der Waals surface area contributed by atoms with Crippen LogP contribution in [0.4, 0.5) is 0 Å². The van der Waals surface area contributed by atoms with Gasteiger partial charge in [0.15, 0.2) is 0 Å².